The molecule has 1 fully saturated rings. The van der Waals surface area contributed by atoms with E-state index in [1.54, 1.807) is 15.8 Å². The number of nitrogen functional groups attached to an aromatic ring is 1. The number of carbonyl (C=O) groups is 2. The molecule has 3 N–H and O–H groups in total. The van der Waals surface area contributed by atoms with E-state index in [9.17, 15) is 9.59 Å². The molecule has 1 aliphatic heterocycles. The van der Waals surface area contributed by atoms with E-state index in [2.05, 4.69) is 46.9 Å². The van der Waals surface area contributed by atoms with Crippen LogP contribution in [0.25, 0.3) is 10.9 Å². The van der Waals surface area contributed by atoms with E-state index < -0.39 is 19.9 Å². The van der Waals surface area contributed by atoms with E-state index in [0.29, 0.717) is 35.6 Å². The summed E-state index contributed by atoms with van der Waals surface area (Å²) in [6.07, 6.45) is 6.71. The lowest BCUT2D eigenvalue weighted by Crippen LogP contribution is -2.46. The molecule has 3 aromatic heterocycles. The lowest BCUT2D eigenvalue weighted by atomic mass is 9.92. The zero-order chi connectivity index (χ0) is 29.0. The highest BCUT2D eigenvalue weighted by Crippen LogP contribution is 2.33. The van der Waals surface area contributed by atoms with Crippen LogP contribution in [0.4, 0.5) is 11.5 Å². The van der Waals surface area contributed by atoms with Gasteiger partial charge in [0.2, 0.25) is 0 Å². The Morgan fingerprint density at radius 2 is 2.00 bits per heavy atom. The van der Waals surface area contributed by atoms with E-state index in [4.69, 9.17) is 15.6 Å². The highest BCUT2D eigenvalue weighted by molar-refractivity contribution is 6.76. The number of aromatic nitrogens is 5. The van der Waals surface area contributed by atoms with Crippen LogP contribution in [0.1, 0.15) is 31.5 Å². The number of hydrogen-bond acceptors (Lipinski definition) is 8. The molecule has 0 bridgehead atoms. The molecule has 40 heavy (non-hydrogen) atoms. The van der Waals surface area contributed by atoms with Crippen molar-refractivity contribution in [2.24, 2.45) is 5.92 Å². The van der Waals surface area contributed by atoms with Crippen molar-refractivity contribution in [1.29, 1.82) is 0 Å². The van der Waals surface area contributed by atoms with Crippen LogP contribution in [0.3, 0.4) is 0 Å². The lowest BCUT2D eigenvalue weighted by molar-refractivity contribution is -0.146. The quantitative estimate of drug-likeness (QED) is 0.216. The minimum Gasteiger partial charge on any atom is -0.383 e. The summed E-state index contributed by atoms with van der Waals surface area (Å²) >= 11 is 0. The summed E-state index contributed by atoms with van der Waals surface area (Å²) in [6, 6.07) is 2.71. The number of nitrogens with two attached hydrogens (primary N) is 1. The van der Waals surface area contributed by atoms with Crippen LogP contribution in [-0.2, 0) is 27.6 Å². The first-order valence-electron chi connectivity index (χ1n) is 13.9. The Morgan fingerprint density at radius 3 is 2.73 bits per heavy atom. The maximum Gasteiger partial charge on any atom is 0.314 e. The van der Waals surface area contributed by atoms with Crippen molar-refractivity contribution in [3.05, 3.63) is 30.4 Å². The predicted molar refractivity (Wildman–Crippen MR) is 158 cm³/mol. The zero-order valence-corrected chi connectivity index (χ0v) is 25.6. The second-order valence-electron chi connectivity index (χ2n) is 12.2. The van der Waals surface area contributed by atoms with Gasteiger partial charge in [-0.05, 0) is 45.0 Å². The van der Waals surface area contributed by atoms with Crippen LogP contribution >= 0.6 is 0 Å². The molecule has 0 unspecified atom stereocenters. The Hall–Kier alpha value is -3.29. The largest absolute Gasteiger partial charge is 0.383 e. The molecular formula is C27H43N9O3Si. The molecule has 0 radical (unpaired) electrons. The smallest absolute Gasteiger partial charge is 0.314 e. The lowest BCUT2D eigenvalue weighted by Gasteiger charge is -2.37. The summed E-state index contributed by atoms with van der Waals surface area (Å²) in [6.45, 7) is 11.9. The minimum absolute atomic E-state index is 0.205. The number of amides is 2. The molecule has 3 aromatic rings. The van der Waals surface area contributed by atoms with Crippen LogP contribution in [0, 0.1) is 5.92 Å². The van der Waals surface area contributed by atoms with Gasteiger partial charge in [0.25, 0.3) is 0 Å². The molecule has 12 nitrogen and oxygen atoms in total. The SMILES string of the molecule is C[C@H]1CC[C@H](c2ccn(CCN(C)C)n2)N(C(=O)C(=O)Nc2cnc(N)c3cnn(COCC[Si](C)(C)C)c23)C1. The standard InChI is InChI=1S/C27H43N9O3Si/c1-19-7-8-23(21-9-10-34(32-21)12-11-33(2)3)35(17-19)27(38)26(37)31-22-16-29-25(28)20-15-30-36(24(20)22)18-39-13-14-40(4,5)6/h9-10,15-16,19,23H,7-8,11-14,17-18H2,1-6H3,(H2,28,29)(H,31,37)/t19-,23+/m0/s1. The third kappa shape index (κ3) is 7.26. The van der Waals surface area contributed by atoms with Gasteiger partial charge >= 0.3 is 11.8 Å². The van der Waals surface area contributed by atoms with E-state index in [-0.39, 0.29) is 18.7 Å². The zero-order valence-electron chi connectivity index (χ0n) is 24.6. The molecule has 2 amide bonds. The number of ether oxygens (including phenoxy) is 1. The Morgan fingerprint density at radius 1 is 1.23 bits per heavy atom. The van der Waals surface area contributed by atoms with Crippen molar-refractivity contribution in [3.63, 3.8) is 0 Å². The van der Waals surface area contributed by atoms with Crippen molar-refractivity contribution >= 4 is 42.3 Å². The van der Waals surface area contributed by atoms with Crippen LogP contribution in [0.2, 0.25) is 25.7 Å². The fourth-order valence-electron chi connectivity index (χ4n) is 4.81. The van der Waals surface area contributed by atoms with Crippen molar-refractivity contribution in [2.45, 2.75) is 64.8 Å². The first-order chi connectivity index (χ1) is 18.9. The summed E-state index contributed by atoms with van der Waals surface area (Å²) < 4.78 is 9.42. The van der Waals surface area contributed by atoms with Crippen molar-refractivity contribution < 1.29 is 14.3 Å². The molecule has 1 saturated heterocycles. The van der Waals surface area contributed by atoms with Gasteiger partial charge in [-0.15, -0.1) is 0 Å². The number of pyridine rings is 1. The first-order valence-corrected chi connectivity index (χ1v) is 17.6. The number of rotatable bonds is 10. The molecule has 0 spiro atoms. The fourth-order valence-corrected chi connectivity index (χ4v) is 5.57. The normalized spacial score (nSPS) is 18.0. The topological polar surface area (TPSA) is 136 Å². The predicted octanol–water partition coefficient (Wildman–Crippen LogP) is 3.02. The van der Waals surface area contributed by atoms with Gasteiger partial charge in [-0.3, -0.25) is 14.3 Å². The van der Waals surface area contributed by atoms with Crippen molar-refractivity contribution in [1.82, 2.24) is 34.3 Å². The van der Waals surface area contributed by atoms with E-state index >= 15 is 0 Å². The van der Waals surface area contributed by atoms with E-state index in [1.165, 1.54) is 6.20 Å². The fraction of sp³-hybridized carbons (Fsp3) is 0.593. The number of fused-ring (bicyclic) bond motifs is 1. The van der Waals surface area contributed by atoms with Gasteiger partial charge in [0.15, 0.2) is 0 Å². The van der Waals surface area contributed by atoms with Gasteiger partial charge in [-0.25, -0.2) is 9.67 Å². The Balaban J connectivity index is 1.51. The van der Waals surface area contributed by atoms with Gasteiger partial charge in [0, 0.05) is 34.0 Å². The average molecular weight is 570 g/mol. The summed E-state index contributed by atoms with van der Waals surface area (Å²) in [4.78, 5) is 34.9. The second kappa shape index (κ2) is 12.5. The van der Waals surface area contributed by atoms with Crippen LogP contribution < -0.4 is 11.1 Å². The third-order valence-electron chi connectivity index (χ3n) is 7.21. The number of hydrogen-bond donors (Lipinski definition) is 2. The van der Waals surface area contributed by atoms with Crippen LogP contribution in [0.5, 0.6) is 0 Å². The first kappa shape index (κ1) is 29.7. The molecule has 0 aliphatic carbocycles. The number of likely N-dealkylation sites (N-methyl/N-ethyl adjacent to an activating group) is 1. The van der Waals surface area contributed by atoms with Gasteiger partial charge in [-0.1, -0.05) is 26.6 Å². The van der Waals surface area contributed by atoms with Gasteiger partial charge in [0.1, 0.15) is 12.5 Å². The number of likely N-dealkylation sites (tertiary alicyclic amines) is 1. The molecule has 0 saturated carbocycles. The number of nitrogens with one attached hydrogen (secondary N) is 1. The van der Waals surface area contributed by atoms with Crippen LogP contribution in [-0.4, -0.2) is 88.0 Å². The molecule has 218 valence electrons. The molecule has 2 atom stereocenters. The number of nitrogens with zero attached hydrogens (tertiary/aromatic N) is 7. The Kier molecular flexibility index (Phi) is 9.26. The van der Waals surface area contributed by atoms with Gasteiger partial charge in [-0.2, -0.15) is 10.2 Å². The Bertz CT molecular complexity index is 1330. The number of carbonyl (C=O) groups excluding carboxylic acids is 2. The molecule has 4 rings (SSSR count). The molecule has 4 heterocycles. The van der Waals surface area contributed by atoms with Gasteiger partial charge in [0.05, 0.1) is 47.3 Å². The van der Waals surface area contributed by atoms with Crippen molar-refractivity contribution in [2.75, 3.05) is 44.8 Å². The maximum absolute atomic E-state index is 13.6. The summed E-state index contributed by atoms with van der Waals surface area (Å²) in [5.74, 6) is -0.751. The summed E-state index contributed by atoms with van der Waals surface area (Å²) in [7, 11) is 2.80. The summed E-state index contributed by atoms with van der Waals surface area (Å²) in [5.41, 5.74) is 7.84. The number of piperidine rings is 1. The molecule has 1 aliphatic rings. The molecule has 13 heteroatoms. The van der Waals surface area contributed by atoms with Gasteiger partial charge < -0.3 is 25.6 Å². The maximum atomic E-state index is 13.6. The second-order valence-corrected chi connectivity index (χ2v) is 17.8. The molecular weight excluding hydrogens is 526 g/mol. The minimum atomic E-state index is -1.24. The number of anilines is 2. The monoisotopic (exact) mass is 569 g/mol. The van der Waals surface area contributed by atoms with Crippen molar-refractivity contribution in [3.8, 4) is 0 Å². The Labute approximate surface area is 236 Å². The summed E-state index contributed by atoms with van der Waals surface area (Å²) in [5, 5.41) is 12.5. The van der Waals surface area contributed by atoms with E-state index in [0.717, 1.165) is 37.7 Å². The van der Waals surface area contributed by atoms with Crippen LogP contribution in [0.15, 0.2) is 24.7 Å². The molecule has 0 aromatic carbocycles. The average Bonchev–Trinajstić information content (AvgIpc) is 3.54. The highest BCUT2D eigenvalue weighted by atomic mass is 28.3. The highest BCUT2D eigenvalue weighted by Gasteiger charge is 2.35. The third-order valence-corrected chi connectivity index (χ3v) is 8.92. The van der Waals surface area contributed by atoms with E-state index in [1.807, 2.05) is 31.0 Å².